The molecule has 2 aromatic rings. The molecule has 0 heterocycles. The van der Waals surface area contributed by atoms with Crippen molar-refractivity contribution in [3.8, 4) is 0 Å². The smallest absolute Gasteiger partial charge is 0.270 e. The molecule has 22 heavy (non-hydrogen) atoms. The van der Waals surface area contributed by atoms with E-state index >= 15 is 0 Å². The molecule has 1 N–H and O–H groups in total. The van der Waals surface area contributed by atoms with Gasteiger partial charge in [-0.15, -0.1) is 18.3 Å². The van der Waals surface area contributed by atoms with Crippen LogP contribution in [0.2, 0.25) is 0 Å². The molecule has 0 atom stereocenters. The largest absolute Gasteiger partial charge is 0.321 e. The number of hydrogen-bond donors (Lipinski definition) is 1. The molecule has 112 valence electrons. The number of amides is 1. The lowest BCUT2D eigenvalue weighted by molar-refractivity contribution is -0.384. The van der Waals surface area contributed by atoms with Gasteiger partial charge in [-0.2, -0.15) is 0 Å². The first-order valence-electron chi connectivity index (χ1n) is 6.50. The average Bonchev–Trinajstić information content (AvgIpc) is 2.54. The number of para-hydroxylation sites is 1. The molecule has 0 aliphatic heterocycles. The molecule has 0 fully saturated rings. The summed E-state index contributed by atoms with van der Waals surface area (Å²) in [6.07, 6.45) is 1.78. The fourth-order valence-electron chi connectivity index (χ4n) is 1.80. The summed E-state index contributed by atoms with van der Waals surface area (Å²) in [7, 11) is 0. The van der Waals surface area contributed by atoms with Crippen LogP contribution < -0.4 is 5.32 Å². The number of anilines is 1. The first-order valence-corrected chi connectivity index (χ1v) is 7.49. The van der Waals surface area contributed by atoms with Gasteiger partial charge in [0.1, 0.15) is 0 Å². The number of hydrogen-bond acceptors (Lipinski definition) is 4. The Labute approximate surface area is 132 Å². The Bertz CT molecular complexity index is 716. The van der Waals surface area contributed by atoms with E-state index < -0.39 is 4.92 Å². The average molecular weight is 314 g/mol. The van der Waals surface area contributed by atoms with Crippen LogP contribution in [0.3, 0.4) is 0 Å². The van der Waals surface area contributed by atoms with Crippen molar-refractivity contribution in [2.45, 2.75) is 4.90 Å². The normalized spacial score (nSPS) is 10.0. The second-order valence-corrected chi connectivity index (χ2v) is 5.42. The minimum Gasteiger partial charge on any atom is -0.321 e. The van der Waals surface area contributed by atoms with Crippen molar-refractivity contribution in [3.63, 3.8) is 0 Å². The zero-order chi connectivity index (χ0) is 15.9. The van der Waals surface area contributed by atoms with E-state index in [-0.39, 0.29) is 17.2 Å². The van der Waals surface area contributed by atoms with Crippen molar-refractivity contribution in [3.05, 3.63) is 76.9 Å². The Morgan fingerprint density at radius 3 is 2.77 bits per heavy atom. The minimum absolute atomic E-state index is 0.109. The summed E-state index contributed by atoms with van der Waals surface area (Å²) in [5.41, 5.74) is 0.811. The van der Waals surface area contributed by atoms with Gasteiger partial charge in [0.2, 0.25) is 0 Å². The number of nitro groups is 1. The number of carbonyl (C=O) groups is 1. The molecule has 0 radical (unpaired) electrons. The Hall–Kier alpha value is -2.60. The maximum absolute atomic E-state index is 12.3. The molecule has 1 amide bonds. The lowest BCUT2D eigenvalue weighted by Crippen LogP contribution is -2.12. The molecule has 5 nitrogen and oxygen atoms in total. The topological polar surface area (TPSA) is 72.2 Å². The quantitative estimate of drug-likeness (QED) is 0.377. The van der Waals surface area contributed by atoms with Crippen LogP contribution in [-0.2, 0) is 0 Å². The number of nitrogens with one attached hydrogen (secondary N) is 1. The van der Waals surface area contributed by atoms with E-state index in [2.05, 4.69) is 11.9 Å². The summed E-state index contributed by atoms with van der Waals surface area (Å²) >= 11 is 1.55. The van der Waals surface area contributed by atoms with E-state index in [0.717, 1.165) is 10.6 Å². The van der Waals surface area contributed by atoms with Gasteiger partial charge in [0.15, 0.2) is 0 Å². The van der Waals surface area contributed by atoms with Gasteiger partial charge >= 0.3 is 0 Å². The Kier molecular flexibility index (Phi) is 5.32. The van der Waals surface area contributed by atoms with Gasteiger partial charge in [-0.25, -0.2) is 0 Å². The standard InChI is InChI=1S/C16H14N2O3S/c1-2-10-22-15-9-4-3-8-14(15)17-16(19)12-6-5-7-13(11-12)18(20)21/h2-9,11H,1,10H2,(H,17,19). The SMILES string of the molecule is C=CCSc1ccccc1NC(=O)c1cccc([N+](=O)[O-])c1. The summed E-state index contributed by atoms with van der Waals surface area (Å²) in [6, 6.07) is 13.0. The fraction of sp³-hybridized carbons (Fsp3) is 0.0625. The minimum atomic E-state index is -0.523. The molecule has 0 saturated carbocycles. The molecule has 0 spiro atoms. The van der Waals surface area contributed by atoms with E-state index in [1.165, 1.54) is 18.2 Å². The predicted octanol–water partition coefficient (Wildman–Crippen LogP) is 4.13. The second-order valence-electron chi connectivity index (χ2n) is 4.36. The van der Waals surface area contributed by atoms with Gasteiger partial charge in [-0.1, -0.05) is 24.3 Å². The highest BCUT2D eigenvalue weighted by atomic mass is 32.2. The van der Waals surface area contributed by atoms with Crippen LogP contribution in [-0.4, -0.2) is 16.6 Å². The van der Waals surface area contributed by atoms with E-state index in [0.29, 0.717) is 5.69 Å². The summed E-state index contributed by atoms with van der Waals surface area (Å²) < 4.78 is 0. The number of nitrogens with zero attached hydrogens (tertiary/aromatic N) is 1. The van der Waals surface area contributed by atoms with Crippen LogP contribution in [0.5, 0.6) is 0 Å². The van der Waals surface area contributed by atoms with E-state index in [1.807, 2.05) is 18.2 Å². The Morgan fingerprint density at radius 1 is 1.27 bits per heavy atom. The van der Waals surface area contributed by atoms with Gasteiger partial charge in [0.25, 0.3) is 11.6 Å². The van der Waals surface area contributed by atoms with E-state index in [1.54, 1.807) is 30.0 Å². The molecule has 0 aliphatic rings. The molecule has 0 unspecified atom stereocenters. The number of rotatable bonds is 6. The highest BCUT2D eigenvalue weighted by Crippen LogP contribution is 2.27. The van der Waals surface area contributed by atoms with Gasteiger partial charge in [0, 0.05) is 28.3 Å². The zero-order valence-corrected chi connectivity index (χ0v) is 12.5. The fourth-order valence-corrected chi connectivity index (χ4v) is 2.55. The molecule has 0 bridgehead atoms. The zero-order valence-electron chi connectivity index (χ0n) is 11.7. The number of thioether (sulfide) groups is 1. The van der Waals surface area contributed by atoms with Crippen molar-refractivity contribution in [2.24, 2.45) is 0 Å². The lowest BCUT2D eigenvalue weighted by Gasteiger charge is -2.10. The number of benzene rings is 2. The summed E-state index contributed by atoms with van der Waals surface area (Å²) in [6.45, 7) is 3.67. The number of non-ortho nitro benzene ring substituents is 1. The molecular weight excluding hydrogens is 300 g/mol. The first-order chi connectivity index (χ1) is 10.6. The van der Waals surface area contributed by atoms with Gasteiger partial charge < -0.3 is 5.32 Å². The molecule has 6 heteroatoms. The summed E-state index contributed by atoms with van der Waals surface area (Å²) in [4.78, 5) is 23.4. The third-order valence-electron chi connectivity index (χ3n) is 2.81. The van der Waals surface area contributed by atoms with Crippen LogP contribution in [0.25, 0.3) is 0 Å². The van der Waals surface area contributed by atoms with Gasteiger partial charge in [0.05, 0.1) is 10.6 Å². The molecule has 0 aliphatic carbocycles. The van der Waals surface area contributed by atoms with Crippen molar-refractivity contribution < 1.29 is 9.72 Å². The number of nitro benzene ring substituents is 1. The highest BCUT2D eigenvalue weighted by molar-refractivity contribution is 7.99. The third-order valence-corrected chi connectivity index (χ3v) is 3.88. The van der Waals surface area contributed by atoms with Crippen molar-refractivity contribution in [2.75, 3.05) is 11.1 Å². The van der Waals surface area contributed by atoms with E-state index in [9.17, 15) is 14.9 Å². The molecule has 2 aromatic carbocycles. The number of carbonyl (C=O) groups excluding carboxylic acids is 1. The van der Waals surface area contributed by atoms with Crippen molar-refractivity contribution >= 4 is 29.0 Å². The van der Waals surface area contributed by atoms with Gasteiger partial charge in [-0.3, -0.25) is 14.9 Å². The Morgan fingerprint density at radius 2 is 2.05 bits per heavy atom. The van der Waals surface area contributed by atoms with Crippen LogP contribution in [0.15, 0.2) is 66.1 Å². The monoisotopic (exact) mass is 314 g/mol. The molecular formula is C16H14N2O3S. The molecule has 0 saturated heterocycles. The first kappa shape index (κ1) is 15.8. The lowest BCUT2D eigenvalue weighted by atomic mass is 10.2. The van der Waals surface area contributed by atoms with Crippen LogP contribution in [0.4, 0.5) is 11.4 Å². The highest BCUT2D eigenvalue weighted by Gasteiger charge is 2.13. The third kappa shape index (κ3) is 3.95. The second kappa shape index (κ2) is 7.42. The van der Waals surface area contributed by atoms with Crippen LogP contribution in [0.1, 0.15) is 10.4 Å². The van der Waals surface area contributed by atoms with Crippen LogP contribution in [0, 0.1) is 10.1 Å². The molecule has 2 rings (SSSR count). The van der Waals surface area contributed by atoms with Crippen molar-refractivity contribution in [1.82, 2.24) is 0 Å². The van der Waals surface area contributed by atoms with Crippen molar-refractivity contribution in [1.29, 1.82) is 0 Å². The summed E-state index contributed by atoms with van der Waals surface area (Å²) in [5, 5.41) is 13.6. The maximum Gasteiger partial charge on any atom is 0.270 e. The van der Waals surface area contributed by atoms with Crippen LogP contribution >= 0.6 is 11.8 Å². The molecule has 0 aromatic heterocycles. The Balaban J connectivity index is 2.20. The van der Waals surface area contributed by atoms with Gasteiger partial charge in [-0.05, 0) is 18.2 Å². The summed E-state index contributed by atoms with van der Waals surface area (Å²) in [5.74, 6) is 0.347. The van der Waals surface area contributed by atoms with E-state index in [4.69, 9.17) is 0 Å². The predicted molar refractivity (Wildman–Crippen MR) is 88.4 cm³/mol. The maximum atomic E-state index is 12.3.